The van der Waals surface area contributed by atoms with Crippen molar-refractivity contribution in [1.29, 1.82) is 0 Å². The Morgan fingerprint density at radius 2 is 2.20 bits per heavy atom. The molecule has 0 aromatic carbocycles. The summed E-state index contributed by atoms with van der Waals surface area (Å²) >= 11 is 7.54. The fourth-order valence-electron chi connectivity index (χ4n) is 1.38. The number of nitrogens with one attached hydrogen (secondary N) is 1. The van der Waals surface area contributed by atoms with Gasteiger partial charge in [0.25, 0.3) is 0 Å². The monoisotopic (exact) mass is 246 g/mol. The van der Waals surface area contributed by atoms with Crippen LogP contribution in [0.3, 0.4) is 0 Å². The normalized spacial score (nSPS) is 13.4. The fraction of sp³-hybridized carbons (Fsp3) is 0.636. The summed E-state index contributed by atoms with van der Waals surface area (Å²) in [5.41, 5.74) is 0. The van der Waals surface area contributed by atoms with Gasteiger partial charge in [-0.25, -0.2) is 0 Å². The van der Waals surface area contributed by atoms with Crippen LogP contribution < -0.4 is 5.32 Å². The highest BCUT2D eigenvalue weighted by Crippen LogP contribution is 2.26. The van der Waals surface area contributed by atoms with Crippen LogP contribution in [0.4, 0.5) is 0 Å². The first-order chi connectivity index (χ1) is 7.09. The second-order valence-corrected chi connectivity index (χ2v) is 5.72. The average Bonchev–Trinajstić information content (AvgIpc) is 2.59. The standard InChI is InChI=1S/C11H19ClN2S/c1-9(10-5-6-11(12)15-10)13-7-4-8-14(2)3/h5-6,9,13H,4,7-8H2,1-3H3. The Bertz CT molecular complexity index is 286. The largest absolute Gasteiger partial charge is 0.309 e. The van der Waals surface area contributed by atoms with Crippen molar-refractivity contribution >= 4 is 22.9 Å². The highest BCUT2D eigenvalue weighted by Gasteiger charge is 2.06. The maximum Gasteiger partial charge on any atom is 0.0931 e. The number of nitrogens with zero attached hydrogens (tertiary/aromatic N) is 1. The Morgan fingerprint density at radius 1 is 1.47 bits per heavy atom. The Hall–Kier alpha value is -0.0900. The second kappa shape index (κ2) is 6.48. The zero-order valence-corrected chi connectivity index (χ0v) is 11.2. The van der Waals surface area contributed by atoms with Gasteiger partial charge in [0.2, 0.25) is 0 Å². The van der Waals surface area contributed by atoms with E-state index in [0.29, 0.717) is 6.04 Å². The van der Waals surface area contributed by atoms with E-state index in [1.807, 2.05) is 6.07 Å². The predicted molar refractivity (Wildman–Crippen MR) is 68.9 cm³/mol. The van der Waals surface area contributed by atoms with Crippen LogP contribution in [0.15, 0.2) is 12.1 Å². The molecule has 1 unspecified atom stereocenters. The van der Waals surface area contributed by atoms with Crippen LogP contribution in [0.5, 0.6) is 0 Å². The number of thiophene rings is 1. The molecule has 86 valence electrons. The molecule has 0 aliphatic rings. The quantitative estimate of drug-likeness (QED) is 0.777. The SMILES string of the molecule is CC(NCCCN(C)C)c1ccc(Cl)s1. The third-order valence-corrected chi connectivity index (χ3v) is 3.67. The summed E-state index contributed by atoms with van der Waals surface area (Å²) in [6, 6.07) is 4.46. The van der Waals surface area contributed by atoms with Gasteiger partial charge in [0.1, 0.15) is 0 Å². The Morgan fingerprint density at radius 3 is 2.73 bits per heavy atom. The molecule has 1 N–H and O–H groups in total. The molecular weight excluding hydrogens is 228 g/mol. The number of halogens is 1. The molecule has 0 fully saturated rings. The lowest BCUT2D eigenvalue weighted by atomic mass is 10.2. The van der Waals surface area contributed by atoms with Gasteiger partial charge in [0.05, 0.1) is 4.34 Å². The van der Waals surface area contributed by atoms with Gasteiger partial charge in [-0.15, -0.1) is 11.3 Å². The van der Waals surface area contributed by atoms with Crippen molar-refractivity contribution in [2.75, 3.05) is 27.2 Å². The summed E-state index contributed by atoms with van der Waals surface area (Å²) in [4.78, 5) is 3.51. The van der Waals surface area contributed by atoms with Crippen LogP contribution in [0.25, 0.3) is 0 Å². The summed E-state index contributed by atoms with van der Waals surface area (Å²) in [7, 11) is 4.20. The van der Waals surface area contributed by atoms with E-state index in [1.165, 1.54) is 11.3 Å². The molecule has 0 saturated carbocycles. The Kier molecular flexibility index (Phi) is 5.61. The van der Waals surface area contributed by atoms with E-state index in [2.05, 4.69) is 37.3 Å². The van der Waals surface area contributed by atoms with E-state index >= 15 is 0 Å². The zero-order valence-electron chi connectivity index (χ0n) is 9.59. The number of hydrogen-bond donors (Lipinski definition) is 1. The summed E-state index contributed by atoms with van der Waals surface area (Å²) in [5.74, 6) is 0. The summed E-state index contributed by atoms with van der Waals surface area (Å²) in [5, 5.41) is 3.49. The molecule has 0 amide bonds. The molecule has 0 aliphatic carbocycles. The van der Waals surface area contributed by atoms with Crippen molar-refractivity contribution in [3.8, 4) is 0 Å². The van der Waals surface area contributed by atoms with Crippen molar-refractivity contribution in [2.45, 2.75) is 19.4 Å². The molecule has 0 aliphatic heterocycles. The zero-order chi connectivity index (χ0) is 11.3. The average molecular weight is 247 g/mol. The fourth-order valence-corrected chi connectivity index (χ4v) is 2.46. The topological polar surface area (TPSA) is 15.3 Å². The highest BCUT2D eigenvalue weighted by atomic mass is 35.5. The Balaban J connectivity index is 2.21. The molecule has 2 nitrogen and oxygen atoms in total. The molecule has 1 aromatic heterocycles. The molecule has 1 heterocycles. The second-order valence-electron chi connectivity index (χ2n) is 3.97. The lowest BCUT2D eigenvalue weighted by molar-refractivity contribution is 0.389. The van der Waals surface area contributed by atoms with E-state index in [4.69, 9.17) is 11.6 Å². The van der Waals surface area contributed by atoms with Crippen LogP contribution in [-0.4, -0.2) is 32.1 Å². The molecule has 0 bridgehead atoms. The molecular formula is C11H19ClN2S. The minimum atomic E-state index is 0.407. The minimum Gasteiger partial charge on any atom is -0.309 e. The van der Waals surface area contributed by atoms with Crippen molar-refractivity contribution in [3.05, 3.63) is 21.3 Å². The van der Waals surface area contributed by atoms with Gasteiger partial charge in [0, 0.05) is 10.9 Å². The molecule has 1 aromatic rings. The van der Waals surface area contributed by atoms with Crippen LogP contribution in [0, 0.1) is 0 Å². The summed E-state index contributed by atoms with van der Waals surface area (Å²) in [6.07, 6.45) is 1.18. The van der Waals surface area contributed by atoms with Crippen LogP contribution in [-0.2, 0) is 0 Å². The molecule has 1 rings (SSSR count). The molecule has 15 heavy (non-hydrogen) atoms. The van der Waals surface area contributed by atoms with E-state index in [0.717, 1.165) is 17.4 Å². The first-order valence-electron chi connectivity index (χ1n) is 5.23. The Labute approximate surface area is 101 Å². The van der Waals surface area contributed by atoms with E-state index in [9.17, 15) is 0 Å². The third-order valence-electron chi connectivity index (χ3n) is 2.25. The van der Waals surface area contributed by atoms with Crippen LogP contribution in [0.2, 0.25) is 4.34 Å². The lowest BCUT2D eigenvalue weighted by Gasteiger charge is -2.13. The van der Waals surface area contributed by atoms with Crippen LogP contribution >= 0.6 is 22.9 Å². The van der Waals surface area contributed by atoms with Gasteiger partial charge in [0.15, 0.2) is 0 Å². The van der Waals surface area contributed by atoms with Gasteiger partial charge >= 0.3 is 0 Å². The maximum absolute atomic E-state index is 5.89. The number of rotatable bonds is 6. The predicted octanol–water partition coefficient (Wildman–Crippen LogP) is 3.00. The first-order valence-corrected chi connectivity index (χ1v) is 6.42. The van der Waals surface area contributed by atoms with Crippen molar-refractivity contribution < 1.29 is 0 Å². The van der Waals surface area contributed by atoms with Gasteiger partial charge in [-0.3, -0.25) is 0 Å². The third kappa shape index (κ3) is 4.98. The van der Waals surface area contributed by atoms with Gasteiger partial charge in [-0.05, 0) is 52.7 Å². The van der Waals surface area contributed by atoms with Gasteiger partial charge < -0.3 is 10.2 Å². The van der Waals surface area contributed by atoms with E-state index in [-0.39, 0.29) is 0 Å². The maximum atomic E-state index is 5.89. The number of hydrogen-bond acceptors (Lipinski definition) is 3. The summed E-state index contributed by atoms with van der Waals surface area (Å²) < 4.78 is 0.868. The highest BCUT2D eigenvalue weighted by molar-refractivity contribution is 7.16. The summed E-state index contributed by atoms with van der Waals surface area (Å²) in [6.45, 7) is 4.36. The molecule has 0 saturated heterocycles. The first kappa shape index (κ1) is 13.0. The van der Waals surface area contributed by atoms with Crippen molar-refractivity contribution in [2.24, 2.45) is 0 Å². The van der Waals surface area contributed by atoms with E-state index < -0.39 is 0 Å². The molecule has 0 radical (unpaired) electrons. The van der Waals surface area contributed by atoms with Gasteiger partial charge in [-0.1, -0.05) is 11.6 Å². The molecule has 0 spiro atoms. The van der Waals surface area contributed by atoms with Crippen LogP contribution in [0.1, 0.15) is 24.3 Å². The smallest absolute Gasteiger partial charge is 0.0931 e. The molecule has 4 heteroatoms. The minimum absolute atomic E-state index is 0.407. The van der Waals surface area contributed by atoms with E-state index in [1.54, 1.807) is 11.3 Å². The lowest BCUT2D eigenvalue weighted by Crippen LogP contribution is -2.23. The van der Waals surface area contributed by atoms with Crippen molar-refractivity contribution in [1.82, 2.24) is 10.2 Å². The molecule has 1 atom stereocenters. The van der Waals surface area contributed by atoms with Gasteiger partial charge in [-0.2, -0.15) is 0 Å². The van der Waals surface area contributed by atoms with Crippen molar-refractivity contribution in [3.63, 3.8) is 0 Å².